The number of rotatable bonds is 4. The molecule has 0 bridgehead atoms. The third kappa shape index (κ3) is 1.74. The van der Waals surface area contributed by atoms with E-state index in [0.717, 1.165) is 12.5 Å². The highest BCUT2D eigenvalue weighted by Crippen LogP contribution is 2.36. The average molecular weight is 167 g/mol. The van der Waals surface area contributed by atoms with Gasteiger partial charge in [-0.15, -0.1) is 0 Å². The van der Waals surface area contributed by atoms with Crippen LogP contribution in [0.5, 0.6) is 0 Å². The summed E-state index contributed by atoms with van der Waals surface area (Å²) in [7, 11) is 0. The van der Waals surface area contributed by atoms with Crippen molar-refractivity contribution in [3.8, 4) is 0 Å². The zero-order chi connectivity index (χ0) is 8.39. The van der Waals surface area contributed by atoms with Gasteiger partial charge in [-0.3, -0.25) is 0 Å². The standard InChI is InChI=1S/C10H17NO/c1-2-5-11-6-7-12-10(11)8-9-3-4-9/h6-7,9-10H,2-5,8H2,1H3. The van der Waals surface area contributed by atoms with Gasteiger partial charge in [0.2, 0.25) is 0 Å². The Kier molecular flexibility index (Phi) is 2.24. The molecule has 12 heavy (non-hydrogen) atoms. The van der Waals surface area contributed by atoms with E-state index in [0.29, 0.717) is 6.23 Å². The van der Waals surface area contributed by atoms with Crippen molar-refractivity contribution >= 4 is 0 Å². The number of nitrogens with zero attached hydrogens (tertiary/aromatic N) is 1. The van der Waals surface area contributed by atoms with Crippen LogP contribution in [0.25, 0.3) is 0 Å². The molecule has 0 saturated heterocycles. The van der Waals surface area contributed by atoms with Crippen molar-refractivity contribution in [3.63, 3.8) is 0 Å². The van der Waals surface area contributed by atoms with E-state index in [-0.39, 0.29) is 0 Å². The molecular weight excluding hydrogens is 150 g/mol. The number of hydrogen-bond acceptors (Lipinski definition) is 2. The summed E-state index contributed by atoms with van der Waals surface area (Å²) in [5.74, 6) is 0.953. The molecular formula is C10H17NO. The Labute approximate surface area is 74.2 Å². The fourth-order valence-electron chi connectivity index (χ4n) is 1.68. The summed E-state index contributed by atoms with van der Waals surface area (Å²) in [5.41, 5.74) is 0. The predicted octanol–water partition coefficient (Wildman–Crippen LogP) is 2.33. The van der Waals surface area contributed by atoms with Gasteiger partial charge in [-0.2, -0.15) is 0 Å². The molecule has 1 unspecified atom stereocenters. The maximum atomic E-state index is 5.51. The smallest absolute Gasteiger partial charge is 0.171 e. The van der Waals surface area contributed by atoms with Crippen LogP contribution in [0.3, 0.4) is 0 Å². The van der Waals surface area contributed by atoms with E-state index in [1.165, 1.54) is 25.7 Å². The summed E-state index contributed by atoms with van der Waals surface area (Å²) in [5, 5.41) is 0. The molecule has 0 spiro atoms. The van der Waals surface area contributed by atoms with E-state index in [9.17, 15) is 0 Å². The van der Waals surface area contributed by atoms with Gasteiger partial charge in [0.15, 0.2) is 6.23 Å². The summed E-state index contributed by atoms with van der Waals surface area (Å²) in [6, 6.07) is 0. The first-order valence-corrected chi connectivity index (χ1v) is 4.98. The third-order valence-electron chi connectivity index (χ3n) is 2.57. The van der Waals surface area contributed by atoms with Gasteiger partial charge in [-0.25, -0.2) is 0 Å². The molecule has 1 saturated carbocycles. The minimum Gasteiger partial charge on any atom is -0.477 e. The summed E-state index contributed by atoms with van der Waals surface area (Å²) in [6.07, 6.45) is 9.54. The SMILES string of the molecule is CCCN1C=COC1CC1CC1. The van der Waals surface area contributed by atoms with Crippen molar-refractivity contribution in [2.45, 2.75) is 38.8 Å². The molecule has 68 valence electrons. The van der Waals surface area contributed by atoms with Gasteiger partial charge in [0.25, 0.3) is 0 Å². The van der Waals surface area contributed by atoms with Gasteiger partial charge in [-0.05, 0) is 25.2 Å². The molecule has 2 rings (SSSR count). The van der Waals surface area contributed by atoms with Gasteiger partial charge >= 0.3 is 0 Å². The van der Waals surface area contributed by atoms with Crippen LogP contribution in [0, 0.1) is 5.92 Å². The molecule has 1 heterocycles. The lowest BCUT2D eigenvalue weighted by Gasteiger charge is -2.23. The van der Waals surface area contributed by atoms with Crippen molar-refractivity contribution in [3.05, 3.63) is 12.5 Å². The lowest BCUT2D eigenvalue weighted by Crippen LogP contribution is -2.29. The number of ether oxygens (including phenoxy) is 1. The zero-order valence-corrected chi connectivity index (χ0v) is 7.70. The average Bonchev–Trinajstić information content (AvgIpc) is 2.76. The van der Waals surface area contributed by atoms with Crippen LogP contribution in [0.4, 0.5) is 0 Å². The van der Waals surface area contributed by atoms with Crippen LogP contribution in [-0.2, 0) is 4.74 Å². The van der Waals surface area contributed by atoms with Gasteiger partial charge in [0.1, 0.15) is 6.26 Å². The molecule has 2 heteroatoms. The Morgan fingerprint density at radius 3 is 3.00 bits per heavy atom. The Hall–Kier alpha value is -0.660. The molecule has 1 aliphatic heterocycles. The van der Waals surface area contributed by atoms with Crippen molar-refractivity contribution in [2.75, 3.05) is 6.54 Å². The summed E-state index contributed by atoms with van der Waals surface area (Å²) < 4.78 is 5.51. The Morgan fingerprint density at radius 1 is 1.50 bits per heavy atom. The van der Waals surface area contributed by atoms with Crippen molar-refractivity contribution in [1.82, 2.24) is 4.90 Å². The number of hydrogen-bond donors (Lipinski definition) is 0. The van der Waals surface area contributed by atoms with Crippen LogP contribution in [0.2, 0.25) is 0 Å². The lowest BCUT2D eigenvalue weighted by molar-refractivity contribution is 0.0455. The second-order valence-corrected chi connectivity index (χ2v) is 3.79. The van der Waals surface area contributed by atoms with E-state index in [2.05, 4.69) is 18.0 Å². The van der Waals surface area contributed by atoms with Gasteiger partial charge in [0, 0.05) is 19.2 Å². The highest BCUT2D eigenvalue weighted by Gasteiger charge is 2.29. The molecule has 0 aromatic rings. The first-order chi connectivity index (χ1) is 5.90. The quantitative estimate of drug-likeness (QED) is 0.637. The lowest BCUT2D eigenvalue weighted by atomic mass is 10.2. The minimum absolute atomic E-state index is 0.359. The second-order valence-electron chi connectivity index (χ2n) is 3.79. The molecule has 1 fully saturated rings. The molecule has 0 amide bonds. The Morgan fingerprint density at radius 2 is 2.33 bits per heavy atom. The topological polar surface area (TPSA) is 12.5 Å². The highest BCUT2D eigenvalue weighted by molar-refractivity contribution is 4.89. The van der Waals surface area contributed by atoms with E-state index in [1.807, 2.05) is 6.26 Å². The van der Waals surface area contributed by atoms with Gasteiger partial charge in [-0.1, -0.05) is 6.92 Å². The molecule has 1 aliphatic carbocycles. The fourth-order valence-corrected chi connectivity index (χ4v) is 1.68. The second kappa shape index (κ2) is 3.38. The first-order valence-electron chi connectivity index (χ1n) is 4.98. The molecule has 0 N–H and O–H groups in total. The molecule has 1 atom stereocenters. The normalized spacial score (nSPS) is 27.8. The zero-order valence-electron chi connectivity index (χ0n) is 7.70. The summed E-state index contributed by atoms with van der Waals surface area (Å²) in [4.78, 5) is 2.32. The highest BCUT2D eigenvalue weighted by atomic mass is 16.5. The van der Waals surface area contributed by atoms with Gasteiger partial charge in [0.05, 0.1) is 0 Å². The molecule has 2 nitrogen and oxygen atoms in total. The van der Waals surface area contributed by atoms with E-state index in [1.54, 1.807) is 0 Å². The predicted molar refractivity (Wildman–Crippen MR) is 48.4 cm³/mol. The molecule has 2 aliphatic rings. The Balaban J connectivity index is 1.79. The van der Waals surface area contributed by atoms with Crippen LogP contribution < -0.4 is 0 Å². The van der Waals surface area contributed by atoms with E-state index < -0.39 is 0 Å². The van der Waals surface area contributed by atoms with Gasteiger partial charge < -0.3 is 9.64 Å². The Bertz CT molecular complexity index is 175. The molecule has 0 aromatic carbocycles. The van der Waals surface area contributed by atoms with Crippen molar-refractivity contribution in [1.29, 1.82) is 0 Å². The first kappa shape index (κ1) is 7.96. The molecule has 0 aromatic heterocycles. The third-order valence-corrected chi connectivity index (χ3v) is 2.57. The van der Waals surface area contributed by atoms with E-state index >= 15 is 0 Å². The maximum Gasteiger partial charge on any atom is 0.171 e. The van der Waals surface area contributed by atoms with Crippen LogP contribution >= 0.6 is 0 Å². The fraction of sp³-hybridized carbons (Fsp3) is 0.800. The van der Waals surface area contributed by atoms with Crippen LogP contribution in [0.15, 0.2) is 12.5 Å². The monoisotopic (exact) mass is 167 g/mol. The van der Waals surface area contributed by atoms with Crippen LogP contribution in [-0.4, -0.2) is 17.7 Å². The van der Waals surface area contributed by atoms with Crippen LogP contribution in [0.1, 0.15) is 32.6 Å². The largest absolute Gasteiger partial charge is 0.477 e. The maximum absolute atomic E-state index is 5.51. The minimum atomic E-state index is 0.359. The molecule has 0 radical (unpaired) electrons. The van der Waals surface area contributed by atoms with Crippen molar-refractivity contribution in [2.24, 2.45) is 5.92 Å². The van der Waals surface area contributed by atoms with E-state index in [4.69, 9.17) is 4.74 Å². The summed E-state index contributed by atoms with van der Waals surface area (Å²) >= 11 is 0. The summed E-state index contributed by atoms with van der Waals surface area (Å²) in [6.45, 7) is 3.34. The van der Waals surface area contributed by atoms with Crippen molar-refractivity contribution < 1.29 is 4.74 Å².